The molecule has 0 saturated heterocycles. The lowest BCUT2D eigenvalue weighted by atomic mass is 9.97. The number of nitrogens with one attached hydrogen (secondary N) is 1. The molecule has 134 valence electrons. The van der Waals surface area contributed by atoms with Crippen LogP contribution in [0.25, 0.3) is 10.8 Å². The fourth-order valence-electron chi connectivity index (χ4n) is 2.85. The summed E-state index contributed by atoms with van der Waals surface area (Å²) in [4.78, 5) is 16.8. The minimum absolute atomic E-state index is 0.113. The lowest BCUT2D eigenvalue weighted by Crippen LogP contribution is -2.27. The molecule has 0 radical (unpaired) electrons. The lowest BCUT2D eigenvalue weighted by molar-refractivity contribution is -0.117. The topological polar surface area (TPSA) is 77.2 Å². The van der Waals surface area contributed by atoms with Crippen LogP contribution in [0.2, 0.25) is 0 Å². The maximum Gasteiger partial charge on any atom is 0.233 e. The van der Waals surface area contributed by atoms with Crippen LogP contribution in [0.3, 0.4) is 0 Å². The van der Waals surface area contributed by atoms with Gasteiger partial charge >= 0.3 is 0 Å². The van der Waals surface area contributed by atoms with E-state index in [-0.39, 0.29) is 12.5 Å². The van der Waals surface area contributed by atoms with E-state index in [1.165, 1.54) is 0 Å². The number of benzene rings is 2. The summed E-state index contributed by atoms with van der Waals surface area (Å²) in [7, 11) is 0. The van der Waals surface area contributed by atoms with Gasteiger partial charge in [-0.1, -0.05) is 30.3 Å². The third kappa shape index (κ3) is 4.25. The summed E-state index contributed by atoms with van der Waals surface area (Å²) < 4.78 is 5.40. The second-order valence-corrected chi connectivity index (χ2v) is 6.09. The number of fused-ring (bicyclic) bond motifs is 1. The van der Waals surface area contributed by atoms with Crippen molar-refractivity contribution in [1.82, 2.24) is 4.98 Å². The van der Waals surface area contributed by atoms with Crippen LogP contribution in [0.4, 0.5) is 5.69 Å². The first-order valence-corrected chi connectivity index (χ1v) is 8.72. The molecule has 5 heteroatoms. The zero-order valence-electron chi connectivity index (χ0n) is 14.8. The van der Waals surface area contributed by atoms with Crippen LogP contribution in [-0.4, -0.2) is 24.0 Å². The van der Waals surface area contributed by atoms with Crippen LogP contribution in [0.5, 0.6) is 0 Å². The van der Waals surface area contributed by atoms with E-state index in [1.54, 1.807) is 12.4 Å². The molecule has 1 heterocycles. The van der Waals surface area contributed by atoms with E-state index >= 15 is 0 Å². The number of carbonyl (C=O) groups excluding carboxylic acids is 1. The Morgan fingerprint density at radius 1 is 1.15 bits per heavy atom. The highest BCUT2D eigenvalue weighted by molar-refractivity contribution is 5.98. The number of aromatic nitrogens is 1. The fourth-order valence-corrected chi connectivity index (χ4v) is 2.85. The SMILES string of the molecule is CCOCc1ccc(C(CN)C(=O)Nc2ccc3cnccc3c2)cc1. The van der Waals surface area contributed by atoms with Gasteiger partial charge in [-0.15, -0.1) is 0 Å². The largest absolute Gasteiger partial charge is 0.377 e. The van der Waals surface area contributed by atoms with Gasteiger partial charge in [0.25, 0.3) is 0 Å². The van der Waals surface area contributed by atoms with E-state index in [1.807, 2.05) is 55.5 Å². The highest BCUT2D eigenvalue weighted by atomic mass is 16.5. The summed E-state index contributed by atoms with van der Waals surface area (Å²) in [5, 5.41) is 5.03. The van der Waals surface area contributed by atoms with Gasteiger partial charge in [0.15, 0.2) is 0 Å². The second-order valence-electron chi connectivity index (χ2n) is 6.09. The molecule has 3 aromatic rings. The van der Waals surface area contributed by atoms with Crippen LogP contribution >= 0.6 is 0 Å². The van der Waals surface area contributed by atoms with E-state index in [0.717, 1.165) is 27.6 Å². The minimum atomic E-state index is -0.399. The van der Waals surface area contributed by atoms with Crippen molar-refractivity contribution < 1.29 is 9.53 Å². The Morgan fingerprint density at radius 2 is 1.96 bits per heavy atom. The van der Waals surface area contributed by atoms with E-state index in [9.17, 15) is 4.79 Å². The predicted octanol–water partition coefficient (Wildman–Crippen LogP) is 3.45. The highest BCUT2D eigenvalue weighted by Crippen LogP contribution is 2.21. The van der Waals surface area contributed by atoms with Crippen molar-refractivity contribution in [2.75, 3.05) is 18.5 Å². The standard InChI is InChI=1S/C21H23N3O2/c1-2-26-14-15-3-5-16(6-4-15)20(12-22)21(25)24-19-8-7-18-13-23-10-9-17(18)11-19/h3-11,13,20H,2,12,14,22H2,1H3,(H,24,25). The van der Waals surface area contributed by atoms with Crippen LogP contribution in [0.1, 0.15) is 24.0 Å². The van der Waals surface area contributed by atoms with Crippen molar-refractivity contribution in [2.45, 2.75) is 19.4 Å². The molecule has 0 aliphatic rings. The molecule has 3 N–H and O–H groups in total. The van der Waals surface area contributed by atoms with Crippen molar-refractivity contribution in [1.29, 1.82) is 0 Å². The molecular weight excluding hydrogens is 326 g/mol. The number of rotatable bonds is 7. The molecule has 1 amide bonds. The molecule has 0 bridgehead atoms. The van der Waals surface area contributed by atoms with Gasteiger partial charge in [-0.05, 0) is 41.6 Å². The Bertz CT molecular complexity index is 878. The first-order chi connectivity index (χ1) is 12.7. The number of pyridine rings is 1. The average Bonchev–Trinajstić information content (AvgIpc) is 2.68. The number of hydrogen-bond donors (Lipinski definition) is 2. The number of nitrogens with zero attached hydrogens (tertiary/aromatic N) is 1. The van der Waals surface area contributed by atoms with Crippen molar-refractivity contribution in [2.24, 2.45) is 5.73 Å². The zero-order chi connectivity index (χ0) is 18.4. The van der Waals surface area contributed by atoms with E-state index in [4.69, 9.17) is 10.5 Å². The van der Waals surface area contributed by atoms with Crippen LogP contribution < -0.4 is 11.1 Å². The van der Waals surface area contributed by atoms with E-state index < -0.39 is 5.92 Å². The Labute approximate surface area is 153 Å². The average molecular weight is 349 g/mol. The monoisotopic (exact) mass is 349 g/mol. The first kappa shape index (κ1) is 18.0. The van der Waals surface area contributed by atoms with Gasteiger partial charge in [-0.2, -0.15) is 0 Å². The number of anilines is 1. The third-order valence-electron chi connectivity index (χ3n) is 4.32. The molecular formula is C21H23N3O2. The fraction of sp³-hybridized carbons (Fsp3) is 0.238. The molecule has 0 aliphatic heterocycles. The van der Waals surface area contributed by atoms with E-state index in [2.05, 4.69) is 10.3 Å². The zero-order valence-corrected chi connectivity index (χ0v) is 14.8. The van der Waals surface area contributed by atoms with Crippen molar-refractivity contribution >= 4 is 22.4 Å². The quantitative estimate of drug-likeness (QED) is 0.685. The first-order valence-electron chi connectivity index (χ1n) is 8.72. The second kappa shape index (κ2) is 8.56. The number of carbonyl (C=O) groups is 1. The van der Waals surface area contributed by atoms with Gasteiger partial charge in [-0.25, -0.2) is 0 Å². The number of ether oxygens (including phenoxy) is 1. The van der Waals surface area contributed by atoms with Crippen LogP contribution in [0, 0.1) is 0 Å². The smallest absolute Gasteiger partial charge is 0.233 e. The number of nitrogens with two attached hydrogens (primary N) is 1. The maximum atomic E-state index is 12.7. The molecule has 1 atom stereocenters. The maximum absolute atomic E-state index is 12.7. The summed E-state index contributed by atoms with van der Waals surface area (Å²) in [5.74, 6) is -0.511. The normalized spacial score (nSPS) is 12.1. The van der Waals surface area contributed by atoms with Crippen molar-refractivity contribution in [3.63, 3.8) is 0 Å². The molecule has 26 heavy (non-hydrogen) atoms. The molecule has 0 saturated carbocycles. The summed E-state index contributed by atoms with van der Waals surface area (Å²) in [5.41, 5.74) is 8.60. The Balaban J connectivity index is 1.73. The third-order valence-corrected chi connectivity index (χ3v) is 4.32. The summed E-state index contributed by atoms with van der Waals surface area (Å²) in [6.07, 6.45) is 3.54. The van der Waals surface area contributed by atoms with E-state index in [0.29, 0.717) is 13.2 Å². The van der Waals surface area contributed by atoms with Crippen molar-refractivity contribution in [3.8, 4) is 0 Å². The summed E-state index contributed by atoms with van der Waals surface area (Å²) in [6.45, 7) is 3.46. The molecule has 2 aromatic carbocycles. The van der Waals surface area contributed by atoms with Gasteiger partial charge in [0, 0.05) is 36.6 Å². The molecule has 0 spiro atoms. The highest BCUT2D eigenvalue weighted by Gasteiger charge is 2.19. The molecule has 3 rings (SSSR count). The number of hydrogen-bond acceptors (Lipinski definition) is 4. The number of amides is 1. The predicted molar refractivity (Wildman–Crippen MR) is 104 cm³/mol. The van der Waals surface area contributed by atoms with Gasteiger partial charge in [0.2, 0.25) is 5.91 Å². The Kier molecular flexibility index (Phi) is 5.94. The summed E-state index contributed by atoms with van der Waals surface area (Å²) in [6, 6.07) is 15.5. The Hall–Kier alpha value is -2.76. The van der Waals surface area contributed by atoms with Gasteiger partial charge < -0.3 is 15.8 Å². The molecule has 0 aliphatic carbocycles. The molecule has 0 fully saturated rings. The summed E-state index contributed by atoms with van der Waals surface area (Å²) >= 11 is 0. The van der Waals surface area contributed by atoms with Gasteiger partial charge in [0.1, 0.15) is 0 Å². The van der Waals surface area contributed by atoms with Gasteiger partial charge in [-0.3, -0.25) is 9.78 Å². The molecule has 5 nitrogen and oxygen atoms in total. The Morgan fingerprint density at radius 3 is 2.69 bits per heavy atom. The lowest BCUT2D eigenvalue weighted by Gasteiger charge is -2.16. The molecule has 1 unspecified atom stereocenters. The van der Waals surface area contributed by atoms with Crippen LogP contribution in [0.15, 0.2) is 60.9 Å². The van der Waals surface area contributed by atoms with Gasteiger partial charge in [0.05, 0.1) is 12.5 Å². The molecule has 1 aromatic heterocycles. The minimum Gasteiger partial charge on any atom is -0.377 e. The van der Waals surface area contributed by atoms with Crippen molar-refractivity contribution in [3.05, 3.63) is 72.1 Å². The van der Waals surface area contributed by atoms with Crippen LogP contribution in [-0.2, 0) is 16.1 Å².